The fraction of sp³-hybridized carbons (Fsp3) is 0.364. The number of piperazine rings is 1. The van der Waals surface area contributed by atoms with E-state index in [0.717, 1.165) is 43.3 Å². The average Bonchev–Trinajstić information content (AvgIpc) is 3.20. The molecule has 5 heteroatoms. The van der Waals surface area contributed by atoms with Crippen molar-refractivity contribution in [1.82, 2.24) is 14.9 Å². The molecule has 1 aromatic heterocycles. The molecule has 0 atom stereocenters. The summed E-state index contributed by atoms with van der Waals surface area (Å²) >= 11 is 0. The number of unbranched alkanes of at least 4 members (excludes halogenated alkanes) is 1. The van der Waals surface area contributed by atoms with Gasteiger partial charge in [-0.2, -0.15) is 0 Å². The van der Waals surface area contributed by atoms with Crippen LogP contribution in [0, 0.1) is 5.41 Å². The first-order valence-electron chi connectivity index (χ1n) is 9.71. The molecule has 1 aliphatic heterocycles. The number of rotatable bonds is 8. The van der Waals surface area contributed by atoms with Crippen LogP contribution in [0.15, 0.2) is 49.2 Å². The maximum Gasteiger partial charge on any atom is 0.130 e. The normalized spacial score (nSPS) is 15.4. The van der Waals surface area contributed by atoms with E-state index in [1.54, 1.807) is 12.2 Å². The van der Waals surface area contributed by atoms with Gasteiger partial charge in [-0.05, 0) is 48.9 Å². The van der Waals surface area contributed by atoms with Crippen molar-refractivity contribution in [2.45, 2.75) is 19.8 Å². The van der Waals surface area contributed by atoms with E-state index in [0.29, 0.717) is 5.71 Å². The molecule has 1 aromatic carbocycles. The average molecular weight is 364 g/mol. The Morgan fingerprint density at radius 1 is 1.22 bits per heavy atom. The molecule has 2 heterocycles. The SMILES string of the molecule is C=CC(=N)/C=C\c1ncc(-c2ccc(N3CCN(CCCC)CC3)cc2)[nH]1. The first-order valence-corrected chi connectivity index (χ1v) is 9.71. The second kappa shape index (κ2) is 9.33. The molecule has 0 radical (unpaired) electrons. The molecule has 0 amide bonds. The number of nitrogens with zero attached hydrogens (tertiary/aromatic N) is 3. The molecule has 2 N–H and O–H groups in total. The number of benzene rings is 1. The van der Waals surface area contributed by atoms with Gasteiger partial charge < -0.3 is 15.3 Å². The van der Waals surface area contributed by atoms with E-state index in [-0.39, 0.29) is 0 Å². The van der Waals surface area contributed by atoms with E-state index in [9.17, 15) is 0 Å². The van der Waals surface area contributed by atoms with Gasteiger partial charge in [-0.15, -0.1) is 0 Å². The molecule has 27 heavy (non-hydrogen) atoms. The van der Waals surface area contributed by atoms with Crippen LogP contribution in [-0.4, -0.2) is 53.3 Å². The first-order chi connectivity index (χ1) is 13.2. The second-order valence-corrected chi connectivity index (χ2v) is 6.90. The molecule has 142 valence electrons. The van der Waals surface area contributed by atoms with Crippen LogP contribution >= 0.6 is 0 Å². The fourth-order valence-corrected chi connectivity index (χ4v) is 3.27. The molecule has 0 saturated carbocycles. The number of nitrogens with one attached hydrogen (secondary N) is 2. The standard InChI is InChI=1S/C22H29N5/c1-3-5-12-26-13-15-27(16-14-26)20-9-6-18(7-10-20)21-17-24-22(25-21)11-8-19(23)4-2/h4,6-11,17,23H,2-3,5,12-16H2,1H3,(H,24,25)/b11-8-,23-19?. The van der Waals surface area contributed by atoms with Crippen molar-refractivity contribution < 1.29 is 0 Å². The van der Waals surface area contributed by atoms with Crippen molar-refractivity contribution in [2.75, 3.05) is 37.6 Å². The predicted molar refractivity (Wildman–Crippen MR) is 115 cm³/mol. The zero-order chi connectivity index (χ0) is 19.1. The third kappa shape index (κ3) is 5.17. The summed E-state index contributed by atoms with van der Waals surface area (Å²) in [5.41, 5.74) is 3.75. The summed E-state index contributed by atoms with van der Waals surface area (Å²) in [5.74, 6) is 0.740. The molecule has 1 saturated heterocycles. The van der Waals surface area contributed by atoms with E-state index in [4.69, 9.17) is 5.41 Å². The zero-order valence-corrected chi connectivity index (χ0v) is 16.1. The summed E-state index contributed by atoms with van der Waals surface area (Å²) in [5, 5.41) is 7.57. The smallest absolute Gasteiger partial charge is 0.130 e. The maximum absolute atomic E-state index is 7.57. The van der Waals surface area contributed by atoms with Gasteiger partial charge in [0.1, 0.15) is 5.82 Å². The van der Waals surface area contributed by atoms with Gasteiger partial charge in [0.05, 0.1) is 17.6 Å². The number of imidazole rings is 1. The minimum Gasteiger partial charge on any atom is -0.369 e. The largest absolute Gasteiger partial charge is 0.369 e. The van der Waals surface area contributed by atoms with Crippen LogP contribution in [0.25, 0.3) is 17.3 Å². The topological polar surface area (TPSA) is 59.0 Å². The lowest BCUT2D eigenvalue weighted by Gasteiger charge is -2.36. The third-order valence-corrected chi connectivity index (χ3v) is 4.98. The number of aromatic nitrogens is 2. The summed E-state index contributed by atoms with van der Waals surface area (Å²) in [6, 6.07) is 8.68. The summed E-state index contributed by atoms with van der Waals surface area (Å²) in [4.78, 5) is 12.7. The molecule has 3 rings (SSSR count). The molecular weight excluding hydrogens is 334 g/mol. The monoisotopic (exact) mass is 363 g/mol. The van der Waals surface area contributed by atoms with Crippen molar-refractivity contribution in [3.8, 4) is 11.3 Å². The summed E-state index contributed by atoms with van der Waals surface area (Å²) in [6.45, 7) is 11.5. The van der Waals surface area contributed by atoms with E-state index >= 15 is 0 Å². The number of allylic oxidation sites excluding steroid dienone is 2. The molecule has 0 bridgehead atoms. The Bertz CT molecular complexity index is 779. The highest BCUT2D eigenvalue weighted by atomic mass is 15.3. The Hall–Kier alpha value is -2.66. The fourth-order valence-electron chi connectivity index (χ4n) is 3.27. The Balaban J connectivity index is 1.59. The highest BCUT2D eigenvalue weighted by Gasteiger charge is 2.16. The molecule has 1 fully saturated rings. The first kappa shape index (κ1) is 19.1. The Morgan fingerprint density at radius 2 is 1.96 bits per heavy atom. The molecule has 5 nitrogen and oxygen atoms in total. The number of H-pyrrole nitrogens is 1. The lowest BCUT2D eigenvalue weighted by Crippen LogP contribution is -2.46. The molecule has 0 spiro atoms. The number of aromatic amines is 1. The third-order valence-electron chi connectivity index (χ3n) is 4.98. The van der Waals surface area contributed by atoms with Crippen molar-refractivity contribution in [3.05, 3.63) is 55.0 Å². The van der Waals surface area contributed by atoms with Crippen molar-refractivity contribution >= 4 is 17.5 Å². The lowest BCUT2D eigenvalue weighted by molar-refractivity contribution is 0.254. The van der Waals surface area contributed by atoms with Crippen LogP contribution in [0.1, 0.15) is 25.6 Å². The molecule has 0 aliphatic carbocycles. The second-order valence-electron chi connectivity index (χ2n) is 6.90. The predicted octanol–water partition coefficient (Wildman–Crippen LogP) is 4.22. The highest BCUT2D eigenvalue weighted by Crippen LogP contribution is 2.23. The van der Waals surface area contributed by atoms with E-state index in [2.05, 4.69) is 57.5 Å². The molecule has 2 aromatic rings. The van der Waals surface area contributed by atoms with Crippen LogP contribution in [0.5, 0.6) is 0 Å². The molecule has 1 aliphatic rings. The van der Waals surface area contributed by atoms with Gasteiger partial charge in [-0.1, -0.05) is 32.1 Å². The van der Waals surface area contributed by atoms with Gasteiger partial charge in [-0.3, -0.25) is 4.90 Å². The van der Waals surface area contributed by atoms with Crippen molar-refractivity contribution in [2.24, 2.45) is 0 Å². The van der Waals surface area contributed by atoms with Gasteiger partial charge in [0.25, 0.3) is 0 Å². The minimum absolute atomic E-state index is 0.368. The van der Waals surface area contributed by atoms with E-state index < -0.39 is 0 Å². The number of hydrogen-bond donors (Lipinski definition) is 2. The Morgan fingerprint density at radius 3 is 2.63 bits per heavy atom. The number of hydrogen-bond acceptors (Lipinski definition) is 4. The van der Waals surface area contributed by atoms with Crippen LogP contribution in [-0.2, 0) is 0 Å². The minimum atomic E-state index is 0.368. The maximum atomic E-state index is 7.57. The lowest BCUT2D eigenvalue weighted by atomic mass is 10.1. The van der Waals surface area contributed by atoms with Crippen molar-refractivity contribution in [1.29, 1.82) is 5.41 Å². The van der Waals surface area contributed by atoms with Crippen LogP contribution in [0.3, 0.4) is 0 Å². The highest BCUT2D eigenvalue weighted by molar-refractivity contribution is 6.03. The van der Waals surface area contributed by atoms with Crippen LogP contribution in [0.2, 0.25) is 0 Å². The van der Waals surface area contributed by atoms with Crippen LogP contribution < -0.4 is 4.90 Å². The zero-order valence-electron chi connectivity index (χ0n) is 16.1. The van der Waals surface area contributed by atoms with Gasteiger partial charge in [0.15, 0.2) is 0 Å². The molecule has 0 unspecified atom stereocenters. The summed E-state index contributed by atoms with van der Waals surface area (Å²) in [6.07, 6.45) is 9.37. The van der Waals surface area contributed by atoms with E-state index in [1.165, 1.54) is 31.1 Å². The van der Waals surface area contributed by atoms with Crippen molar-refractivity contribution in [3.63, 3.8) is 0 Å². The Labute approximate surface area is 161 Å². The van der Waals surface area contributed by atoms with Gasteiger partial charge in [0, 0.05) is 31.9 Å². The molecular formula is C22H29N5. The Kier molecular flexibility index (Phi) is 6.60. The van der Waals surface area contributed by atoms with Crippen LogP contribution in [0.4, 0.5) is 5.69 Å². The number of anilines is 1. The van der Waals surface area contributed by atoms with E-state index in [1.807, 2.05) is 6.20 Å². The van der Waals surface area contributed by atoms with Gasteiger partial charge >= 0.3 is 0 Å². The summed E-state index contributed by atoms with van der Waals surface area (Å²) in [7, 11) is 0. The van der Waals surface area contributed by atoms with Gasteiger partial charge in [-0.25, -0.2) is 4.98 Å². The van der Waals surface area contributed by atoms with Gasteiger partial charge in [0.2, 0.25) is 0 Å². The quantitative estimate of drug-likeness (QED) is 0.691. The summed E-state index contributed by atoms with van der Waals surface area (Å²) < 4.78 is 0.